The molecule has 0 atom stereocenters. The van der Waals surface area contributed by atoms with Crippen molar-refractivity contribution in [2.45, 2.75) is 12.8 Å². The van der Waals surface area contributed by atoms with Crippen LogP contribution in [-0.4, -0.2) is 29.0 Å². The summed E-state index contributed by atoms with van der Waals surface area (Å²) in [5.74, 6) is 3.08. The molecule has 1 aromatic heterocycles. The van der Waals surface area contributed by atoms with E-state index in [1.807, 2.05) is 31.3 Å². The number of aromatic nitrogens is 3. The van der Waals surface area contributed by atoms with Gasteiger partial charge in [0.1, 0.15) is 5.75 Å². The van der Waals surface area contributed by atoms with E-state index in [1.165, 1.54) is 0 Å². The molecule has 5 nitrogen and oxygen atoms in total. The second kappa shape index (κ2) is 6.23. The zero-order valence-corrected chi connectivity index (χ0v) is 12.1. The third-order valence-electron chi connectivity index (χ3n) is 3.07. The number of nitrogens with zero attached hydrogens (tertiary/aromatic N) is 3. The largest absolute Gasteiger partial charge is 0.502 e. The number of ether oxygens (including phenoxy) is 2. The number of methoxy groups -OCH3 is 2. The maximum Gasteiger partial charge on any atom is 0.161 e. The van der Waals surface area contributed by atoms with E-state index in [2.05, 4.69) is 16.7 Å². The van der Waals surface area contributed by atoms with Gasteiger partial charge >= 0.3 is 0 Å². The lowest BCUT2D eigenvalue weighted by atomic mass is 10.2. The molecule has 0 aliphatic rings. The number of para-hydroxylation sites is 1. The number of hydrogen-bond acceptors (Lipinski definition) is 4. The highest BCUT2D eigenvalue weighted by atomic mass is 16.5. The molecule has 106 valence electrons. The fourth-order valence-corrected chi connectivity index (χ4v) is 1.96. The summed E-state index contributed by atoms with van der Waals surface area (Å²) in [6.07, 6.45) is 1.42. The molecular formula is C15H19N3O2. The normalized spacial score (nSPS) is 10.3. The first-order valence-electron chi connectivity index (χ1n) is 6.40. The van der Waals surface area contributed by atoms with Crippen molar-refractivity contribution in [3.05, 3.63) is 42.4 Å². The van der Waals surface area contributed by atoms with Gasteiger partial charge in [0.05, 0.1) is 25.5 Å². The van der Waals surface area contributed by atoms with Crippen molar-refractivity contribution in [1.82, 2.24) is 14.8 Å². The van der Waals surface area contributed by atoms with E-state index in [9.17, 15) is 0 Å². The number of aryl methyl sites for hydroxylation is 2. The summed E-state index contributed by atoms with van der Waals surface area (Å²) in [5.41, 5.74) is 0.932. The predicted molar refractivity (Wildman–Crippen MR) is 77.5 cm³/mol. The SMILES string of the molecule is C=C(CCc1nc(-c2ccccc2OC)n(C)n1)OC. The lowest BCUT2D eigenvalue weighted by Gasteiger charge is -2.06. The average Bonchev–Trinajstić information content (AvgIpc) is 2.85. The monoisotopic (exact) mass is 273 g/mol. The molecule has 0 saturated heterocycles. The zero-order chi connectivity index (χ0) is 14.5. The minimum atomic E-state index is 0.704. The molecule has 0 bridgehead atoms. The molecule has 0 unspecified atom stereocenters. The van der Waals surface area contributed by atoms with Crippen LogP contribution >= 0.6 is 0 Å². The molecule has 1 heterocycles. The van der Waals surface area contributed by atoms with Crippen LogP contribution in [0.15, 0.2) is 36.6 Å². The molecule has 2 aromatic rings. The first-order valence-corrected chi connectivity index (χ1v) is 6.40. The smallest absolute Gasteiger partial charge is 0.161 e. The molecule has 5 heteroatoms. The van der Waals surface area contributed by atoms with Crippen LogP contribution in [0.1, 0.15) is 12.2 Å². The molecular weight excluding hydrogens is 254 g/mol. The Balaban J connectivity index is 2.25. The number of hydrogen-bond donors (Lipinski definition) is 0. The third-order valence-corrected chi connectivity index (χ3v) is 3.07. The molecule has 20 heavy (non-hydrogen) atoms. The van der Waals surface area contributed by atoms with Gasteiger partial charge in [0.2, 0.25) is 0 Å². The van der Waals surface area contributed by atoms with E-state index in [0.29, 0.717) is 12.8 Å². The Morgan fingerprint density at radius 2 is 2.05 bits per heavy atom. The van der Waals surface area contributed by atoms with Crippen molar-refractivity contribution in [3.8, 4) is 17.1 Å². The van der Waals surface area contributed by atoms with E-state index in [4.69, 9.17) is 9.47 Å². The van der Waals surface area contributed by atoms with Crippen LogP contribution in [0.4, 0.5) is 0 Å². The van der Waals surface area contributed by atoms with Gasteiger partial charge < -0.3 is 9.47 Å². The molecule has 1 aromatic carbocycles. The number of allylic oxidation sites excluding steroid dienone is 1. The molecule has 2 rings (SSSR count). The van der Waals surface area contributed by atoms with Gasteiger partial charge in [-0.15, -0.1) is 0 Å². The van der Waals surface area contributed by atoms with Gasteiger partial charge in [0, 0.05) is 19.9 Å². The first-order chi connectivity index (χ1) is 9.65. The standard InChI is InChI=1S/C15H19N3O2/c1-11(19-3)9-10-14-16-15(18(2)17-14)12-7-5-6-8-13(12)20-4/h5-8H,1,9-10H2,2-4H3. The molecule has 0 aliphatic heterocycles. The molecule has 0 aliphatic carbocycles. The maximum absolute atomic E-state index is 5.36. The van der Waals surface area contributed by atoms with Crippen LogP contribution in [0.5, 0.6) is 5.75 Å². The minimum Gasteiger partial charge on any atom is -0.502 e. The highest BCUT2D eigenvalue weighted by molar-refractivity contribution is 5.64. The van der Waals surface area contributed by atoms with Crippen LogP contribution in [0.2, 0.25) is 0 Å². The highest BCUT2D eigenvalue weighted by Gasteiger charge is 2.13. The second-order valence-corrected chi connectivity index (χ2v) is 4.42. The molecule has 0 radical (unpaired) electrons. The van der Waals surface area contributed by atoms with Crippen molar-refractivity contribution in [1.29, 1.82) is 0 Å². The quantitative estimate of drug-likeness (QED) is 0.759. The third kappa shape index (κ3) is 2.99. The molecule has 0 N–H and O–H groups in total. The second-order valence-electron chi connectivity index (χ2n) is 4.42. The zero-order valence-electron chi connectivity index (χ0n) is 12.1. The molecule has 0 amide bonds. The summed E-state index contributed by atoms with van der Waals surface area (Å²) in [6, 6.07) is 7.78. The summed E-state index contributed by atoms with van der Waals surface area (Å²) in [4.78, 5) is 4.57. The summed E-state index contributed by atoms with van der Waals surface area (Å²) < 4.78 is 12.2. The topological polar surface area (TPSA) is 49.2 Å². The predicted octanol–water partition coefficient (Wildman–Crippen LogP) is 2.58. The Bertz CT molecular complexity index is 605. The van der Waals surface area contributed by atoms with E-state index in [-0.39, 0.29) is 0 Å². The van der Waals surface area contributed by atoms with E-state index in [1.54, 1.807) is 18.9 Å². The molecule has 0 fully saturated rings. The Kier molecular flexibility index (Phi) is 4.40. The first kappa shape index (κ1) is 14.1. The number of rotatable bonds is 6. The minimum absolute atomic E-state index is 0.704. The van der Waals surface area contributed by atoms with E-state index < -0.39 is 0 Å². The van der Waals surface area contributed by atoms with Gasteiger partial charge in [-0.3, -0.25) is 0 Å². The fourth-order valence-electron chi connectivity index (χ4n) is 1.96. The van der Waals surface area contributed by atoms with Crippen molar-refractivity contribution in [2.75, 3.05) is 14.2 Å². The van der Waals surface area contributed by atoms with E-state index >= 15 is 0 Å². The van der Waals surface area contributed by atoms with Crippen LogP contribution in [0, 0.1) is 0 Å². The van der Waals surface area contributed by atoms with Crippen LogP contribution in [-0.2, 0) is 18.2 Å². The lowest BCUT2D eigenvalue weighted by molar-refractivity contribution is 0.278. The Morgan fingerprint density at radius 3 is 2.75 bits per heavy atom. The van der Waals surface area contributed by atoms with Crippen molar-refractivity contribution < 1.29 is 9.47 Å². The summed E-state index contributed by atoms with van der Waals surface area (Å²) in [7, 11) is 5.15. The molecule has 0 saturated carbocycles. The average molecular weight is 273 g/mol. The van der Waals surface area contributed by atoms with Gasteiger partial charge in [-0.1, -0.05) is 18.7 Å². The van der Waals surface area contributed by atoms with Crippen molar-refractivity contribution >= 4 is 0 Å². The van der Waals surface area contributed by atoms with Crippen LogP contribution < -0.4 is 4.74 Å². The van der Waals surface area contributed by atoms with Gasteiger partial charge in [0.25, 0.3) is 0 Å². The summed E-state index contributed by atoms with van der Waals surface area (Å²) in [6.45, 7) is 3.80. The van der Waals surface area contributed by atoms with Gasteiger partial charge in [-0.05, 0) is 12.1 Å². The maximum atomic E-state index is 5.36. The fraction of sp³-hybridized carbons (Fsp3) is 0.333. The summed E-state index contributed by atoms with van der Waals surface area (Å²) >= 11 is 0. The lowest BCUT2D eigenvalue weighted by Crippen LogP contribution is -1.97. The van der Waals surface area contributed by atoms with Crippen molar-refractivity contribution in [3.63, 3.8) is 0 Å². The highest BCUT2D eigenvalue weighted by Crippen LogP contribution is 2.27. The van der Waals surface area contributed by atoms with Gasteiger partial charge in [-0.2, -0.15) is 5.10 Å². The van der Waals surface area contributed by atoms with Gasteiger partial charge in [-0.25, -0.2) is 9.67 Å². The Labute approximate surface area is 118 Å². The Hall–Kier alpha value is -2.30. The number of benzene rings is 1. The Morgan fingerprint density at radius 1 is 1.30 bits per heavy atom. The van der Waals surface area contributed by atoms with Crippen molar-refractivity contribution in [2.24, 2.45) is 7.05 Å². The van der Waals surface area contributed by atoms with Crippen LogP contribution in [0.3, 0.4) is 0 Å². The van der Waals surface area contributed by atoms with Crippen LogP contribution in [0.25, 0.3) is 11.4 Å². The van der Waals surface area contributed by atoms with E-state index in [0.717, 1.165) is 28.7 Å². The summed E-state index contributed by atoms with van der Waals surface area (Å²) in [5, 5.41) is 4.42. The van der Waals surface area contributed by atoms with Gasteiger partial charge in [0.15, 0.2) is 11.6 Å². The molecule has 0 spiro atoms.